The van der Waals surface area contributed by atoms with Crippen LogP contribution in [0.1, 0.15) is 42.5 Å². The molecule has 0 aliphatic rings. The highest BCUT2D eigenvalue weighted by atomic mass is 32.1. The highest BCUT2D eigenvalue weighted by Crippen LogP contribution is 2.31. The predicted molar refractivity (Wildman–Crippen MR) is 112 cm³/mol. The van der Waals surface area contributed by atoms with Crippen molar-refractivity contribution in [2.75, 3.05) is 32.1 Å². The normalized spacial score (nSPS) is 11.7. The lowest BCUT2D eigenvalue weighted by molar-refractivity contribution is 0.0980. The van der Waals surface area contributed by atoms with Gasteiger partial charge in [0.05, 0.1) is 4.70 Å². The number of halogens is 1. The molecule has 28 heavy (non-hydrogen) atoms. The first-order chi connectivity index (χ1) is 13.3. The van der Waals surface area contributed by atoms with Crippen LogP contribution in [-0.4, -0.2) is 52.8 Å². The van der Waals surface area contributed by atoms with Crippen LogP contribution in [0.25, 0.3) is 10.2 Å². The summed E-state index contributed by atoms with van der Waals surface area (Å²) >= 11 is 1.32. The van der Waals surface area contributed by atoms with Crippen molar-refractivity contribution in [3.05, 3.63) is 41.5 Å². The van der Waals surface area contributed by atoms with Crippen LogP contribution in [0.5, 0.6) is 0 Å². The molecule has 0 N–H and O–H groups in total. The zero-order valence-corrected chi connectivity index (χ0v) is 17.8. The van der Waals surface area contributed by atoms with E-state index in [1.54, 1.807) is 17.0 Å². The number of carbonyl (C=O) groups excluding carboxylic acids is 1. The summed E-state index contributed by atoms with van der Waals surface area (Å²) in [7, 11) is 3.99. The first-order valence-corrected chi connectivity index (χ1v) is 10.2. The molecule has 0 saturated carbocycles. The lowest BCUT2D eigenvalue weighted by atomic mass is 10.3. The molecule has 0 aliphatic heterocycles. The van der Waals surface area contributed by atoms with Gasteiger partial charge in [-0.05, 0) is 66.0 Å². The molecule has 150 valence electrons. The SMILES string of the molecule is Cc1cc(C(=O)N(CCCN(C)C)c2nc3c(F)cccc3s2)nn1C(C)C. The van der Waals surface area contributed by atoms with E-state index in [0.29, 0.717) is 22.9 Å². The smallest absolute Gasteiger partial charge is 0.280 e. The van der Waals surface area contributed by atoms with Gasteiger partial charge in [-0.2, -0.15) is 5.10 Å². The number of carbonyl (C=O) groups is 1. The maximum absolute atomic E-state index is 14.1. The number of benzene rings is 1. The van der Waals surface area contributed by atoms with Gasteiger partial charge < -0.3 is 4.90 Å². The third-order valence-electron chi connectivity index (χ3n) is 4.45. The van der Waals surface area contributed by atoms with Crippen LogP contribution < -0.4 is 4.90 Å². The Bertz CT molecular complexity index is 978. The molecule has 0 fully saturated rings. The molecule has 1 amide bonds. The molecule has 0 unspecified atom stereocenters. The van der Waals surface area contributed by atoms with Gasteiger partial charge >= 0.3 is 0 Å². The molecule has 0 saturated heterocycles. The Morgan fingerprint density at radius 2 is 2.04 bits per heavy atom. The molecular formula is C20H26FN5OS. The number of para-hydroxylation sites is 1. The lowest BCUT2D eigenvalue weighted by Gasteiger charge is -2.20. The Morgan fingerprint density at radius 3 is 2.64 bits per heavy atom. The van der Waals surface area contributed by atoms with E-state index in [1.807, 2.05) is 45.6 Å². The molecule has 3 rings (SSSR count). The van der Waals surface area contributed by atoms with E-state index in [-0.39, 0.29) is 17.8 Å². The Kier molecular flexibility index (Phi) is 6.10. The van der Waals surface area contributed by atoms with Crippen molar-refractivity contribution in [1.82, 2.24) is 19.7 Å². The van der Waals surface area contributed by atoms with Crippen molar-refractivity contribution in [2.24, 2.45) is 0 Å². The lowest BCUT2D eigenvalue weighted by Crippen LogP contribution is -2.33. The number of rotatable bonds is 7. The van der Waals surface area contributed by atoms with Crippen molar-refractivity contribution < 1.29 is 9.18 Å². The van der Waals surface area contributed by atoms with Gasteiger partial charge in [0.1, 0.15) is 11.3 Å². The third-order valence-corrected chi connectivity index (χ3v) is 5.50. The van der Waals surface area contributed by atoms with Crippen molar-refractivity contribution in [3.63, 3.8) is 0 Å². The van der Waals surface area contributed by atoms with Gasteiger partial charge in [-0.15, -0.1) is 0 Å². The first kappa shape index (κ1) is 20.4. The summed E-state index contributed by atoms with van der Waals surface area (Å²) < 4.78 is 16.7. The van der Waals surface area contributed by atoms with Gasteiger partial charge in [0.15, 0.2) is 10.8 Å². The molecule has 1 aromatic carbocycles. The second-order valence-electron chi connectivity index (χ2n) is 7.41. The fourth-order valence-electron chi connectivity index (χ4n) is 3.10. The quantitative estimate of drug-likeness (QED) is 0.595. The second kappa shape index (κ2) is 8.36. The number of aryl methyl sites for hydroxylation is 1. The zero-order valence-electron chi connectivity index (χ0n) is 16.9. The molecule has 8 heteroatoms. The summed E-state index contributed by atoms with van der Waals surface area (Å²) in [5.41, 5.74) is 1.62. The first-order valence-electron chi connectivity index (χ1n) is 9.35. The van der Waals surface area contributed by atoms with Crippen LogP contribution in [0.2, 0.25) is 0 Å². The maximum Gasteiger partial charge on any atom is 0.280 e. The Morgan fingerprint density at radius 1 is 1.29 bits per heavy atom. The fourth-order valence-corrected chi connectivity index (χ4v) is 4.11. The molecular weight excluding hydrogens is 377 g/mol. The van der Waals surface area contributed by atoms with E-state index in [0.717, 1.165) is 23.4 Å². The van der Waals surface area contributed by atoms with E-state index in [4.69, 9.17) is 0 Å². The minimum Gasteiger partial charge on any atom is -0.309 e. The second-order valence-corrected chi connectivity index (χ2v) is 8.42. The number of amides is 1. The van der Waals surface area contributed by atoms with E-state index in [1.165, 1.54) is 17.4 Å². The van der Waals surface area contributed by atoms with E-state index in [9.17, 15) is 9.18 Å². The average molecular weight is 404 g/mol. The van der Waals surface area contributed by atoms with Gasteiger partial charge in [0, 0.05) is 18.3 Å². The average Bonchev–Trinajstić information content (AvgIpc) is 3.22. The summed E-state index contributed by atoms with van der Waals surface area (Å²) in [5, 5.41) is 4.99. The summed E-state index contributed by atoms with van der Waals surface area (Å²) in [6, 6.07) is 6.83. The van der Waals surface area contributed by atoms with Crippen molar-refractivity contribution >= 4 is 32.6 Å². The maximum atomic E-state index is 14.1. The highest BCUT2D eigenvalue weighted by Gasteiger charge is 2.25. The highest BCUT2D eigenvalue weighted by molar-refractivity contribution is 7.22. The Balaban J connectivity index is 1.96. The van der Waals surface area contributed by atoms with Crippen LogP contribution in [0, 0.1) is 12.7 Å². The van der Waals surface area contributed by atoms with Gasteiger partial charge in [-0.1, -0.05) is 17.4 Å². The van der Waals surface area contributed by atoms with E-state index in [2.05, 4.69) is 15.0 Å². The number of aromatic nitrogens is 3. The van der Waals surface area contributed by atoms with Gasteiger partial charge in [-0.25, -0.2) is 9.37 Å². The molecule has 0 spiro atoms. The number of nitrogens with zero attached hydrogens (tertiary/aromatic N) is 5. The van der Waals surface area contributed by atoms with E-state index < -0.39 is 0 Å². The standard InChI is InChI=1S/C20H26FN5OS/c1-13(2)26-14(3)12-16(23-26)19(27)25(11-7-10-24(4)5)20-22-18-15(21)8-6-9-17(18)28-20/h6,8-9,12-13H,7,10-11H2,1-5H3. The van der Waals surface area contributed by atoms with Gasteiger partial charge in [0.25, 0.3) is 5.91 Å². The van der Waals surface area contributed by atoms with Crippen molar-refractivity contribution in [2.45, 2.75) is 33.2 Å². The van der Waals surface area contributed by atoms with Gasteiger partial charge in [0.2, 0.25) is 0 Å². The summed E-state index contributed by atoms with van der Waals surface area (Å²) in [6.07, 6.45) is 0.779. The van der Waals surface area contributed by atoms with Crippen LogP contribution in [0.4, 0.5) is 9.52 Å². The van der Waals surface area contributed by atoms with Gasteiger partial charge in [-0.3, -0.25) is 14.4 Å². The largest absolute Gasteiger partial charge is 0.309 e. The zero-order chi connectivity index (χ0) is 20.4. The Hall–Kier alpha value is -2.32. The molecule has 6 nitrogen and oxygen atoms in total. The van der Waals surface area contributed by atoms with Crippen molar-refractivity contribution in [3.8, 4) is 0 Å². The molecule has 0 atom stereocenters. The van der Waals surface area contributed by atoms with Crippen LogP contribution in [0.3, 0.4) is 0 Å². The van der Waals surface area contributed by atoms with Crippen LogP contribution in [0.15, 0.2) is 24.3 Å². The molecule has 0 radical (unpaired) electrons. The van der Waals surface area contributed by atoms with Crippen molar-refractivity contribution in [1.29, 1.82) is 0 Å². The molecule has 0 aliphatic carbocycles. The molecule has 0 bridgehead atoms. The minimum atomic E-state index is -0.374. The Labute approximate surface area is 168 Å². The number of hydrogen-bond acceptors (Lipinski definition) is 5. The third kappa shape index (κ3) is 4.23. The molecule has 3 aromatic rings. The summed E-state index contributed by atoms with van der Waals surface area (Å²) in [6.45, 7) is 7.32. The monoisotopic (exact) mass is 403 g/mol. The van der Waals surface area contributed by atoms with Crippen LogP contribution >= 0.6 is 11.3 Å². The predicted octanol–water partition coefficient (Wildman–Crippen LogP) is 4.12. The van der Waals surface area contributed by atoms with E-state index >= 15 is 0 Å². The number of fused-ring (bicyclic) bond motifs is 1. The number of hydrogen-bond donors (Lipinski definition) is 0. The minimum absolute atomic E-state index is 0.167. The fraction of sp³-hybridized carbons (Fsp3) is 0.450. The van der Waals surface area contributed by atoms with Crippen LogP contribution in [-0.2, 0) is 0 Å². The molecule has 2 aromatic heterocycles. The number of thiazole rings is 1. The summed E-state index contributed by atoms with van der Waals surface area (Å²) in [5.74, 6) is -0.582. The molecule has 2 heterocycles. The summed E-state index contributed by atoms with van der Waals surface area (Å²) in [4.78, 5) is 21.4. The topological polar surface area (TPSA) is 54.3 Å². The number of anilines is 1.